The van der Waals surface area contributed by atoms with Crippen LogP contribution in [0.1, 0.15) is 117 Å². The van der Waals surface area contributed by atoms with E-state index in [0.717, 1.165) is 13.2 Å². The maximum Gasteiger partial charge on any atom is 0.466 e. The molecule has 5 N–H and O–H groups in total. The summed E-state index contributed by atoms with van der Waals surface area (Å²) in [6.45, 7) is 6.55. The van der Waals surface area contributed by atoms with Gasteiger partial charge in [-0.3, -0.25) is 0 Å². The van der Waals surface area contributed by atoms with E-state index in [0.29, 0.717) is 0 Å². The Morgan fingerprint density at radius 2 is 0.778 bits per heavy atom. The highest BCUT2D eigenvalue weighted by atomic mass is 31.2. The third-order valence-corrected chi connectivity index (χ3v) is 4.28. The predicted octanol–water partition coefficient (Wildman–Crippen LogP) is 5.53. The van der Waals surface area contributed by atoms with E-state index in [9.17, 15) is 0 Å². The smallest absolute Gasteiger partial charge is 0.412 e. The molecule has 0 rings (SSSR count). The van der Waals surface area contributed by atoms with Crippen LogP contribution in [0.2, 0.25) is 0 Å². The van der Waals surface area contributed by atoms with Gasteiger partial charge in [-0.05, 0) is 12.8 Å². The van der Waals surface area contributed by atoms with E-state index in [1.165, 1.54) is 103 Å². The first kappa shape index (κ1) is 31.7. The average Bonchev–Trinajstić information content (AvgIpc) is 2.56. The van der Waals surface area contributed by atoms with Crippen LogP contribution in [0.4, 0.5) is 0 Å². The highest BCUT2D eigenvalue weighted by Crippen LogP contribution is 2.25. The first-order valence-electron chi connectivity index (χ1n) is 10.8. The Kier molecular flexibility index (Phi) is 30.6. The number of unbranched alkanes of at least 4 members (excludes halogenated alkanes) is 14. The highest BCUT2D eigenvalue weighted by Gasteiger charge is 2.00. The molecule has 0 aliphatic rings. The Balaban J connectivity index is -0.000000844. The predicted molar refractivity (Wildman–Crippen MR) is 114 cm³/mol. The third-order valence-electron chi connectivity index (χ3n) is 4.28. The molecule has 6 nitrogen and oxygen atoms in total. The van der Waals surface area contributed by atoms with Crippen LogP contribution in [0.5, 0.6) is 0 Å². The van der Waals surface area contributed by atoms with E-state index in [1.54, 1.807) is 0 Å². The molecule has 27 heavy (non-hydrogen) atoms. The first-order chi connectivity index (χ1) is 12.4. The van der Waals surface area contributed by atoms with E-state index >= 15 is 0 Å². The molecule has 0 bridgehead atoms. The summed E-state index contributed by atoms with van der Waals surface area (Å²) in [6, 6.07) is 0. The van der Waals surface area contributed by atoms with Crippen molar-refractivity contribution in [1.82, 2.24) is 0 Å². The second-order valence-electron chi connectivity index (χ2n) is 7.08. The Hall–Kier alpha value is 0.0300. The minimum atomic E-state index is -4.64. The molecular formula is C20H47O6P. The van der Waals surface area contributed by atoms with Crippen molar-refractivity contribution in [1.29, 1.82) is 0 Å². The van der Waals surface area contributed by atoms with E-state index in [4.69, 9.17) is 24.0 Å². The molecule has 0 heterocycles. The van der Waals surface area contributed by atoms with Gasteiger partial charge in [-0.25, -0.2) is 4.57 Å². The number of phosphoric acid groups is 1. The molecule has 0 atom stereocenters. The van der Waals surface area contributed by atoms with Crippen molar-refractivity contribution in [3.8, 4) is 0 Å². The number of hydrogen-bond donors (Lipinski definition) is 3. The quantitative estimate of drug-likeness (QED) is 0.201. The Bertz CT molecular complexity index is 270. The summed E-state index contributed by atoms with van der Waals surface area (Å²) in [6.07, 6.45) is 22.2. The molecule has 7 heteroatoms. The van der Waals surface area contributed by atoms with Crippen LogP contribution in [0.3, 0.4) is 0 Å². The van der Waals surface area contributed by atoms with Crippen molar-refractivity contribution in [3.63, 3.8) is 0 Å². The van der Waals surface area contributed by atoms with Crippen LogP contribution in [0.15, 0.2) is 0 Å². The van der Waals surface area contributed by atoms with E-state index < -0.39 is 7.82 Å². The summed E-state index contributed by atoms with van der Waals surface area (Å²) < 4.78 is 14.6. The molecule has 0 aromatic rings. The Labute approximate surface area is 167 Å². The van der Waals surface area contributed by atoms with Crippen molar-refractivity contribution in [2.75, 3.05) is 13.2 Å². The topological polar surface area (TPSA) is 118 Å². The molecule has 0 fully saturated rings. The lowest BCUT2D eigenvalue weighted by Gasteiger charge is -2.05. The maximum atomic E-state index is 8.88. The minimum Gasteiger partial charge on any atom is -0.412 e. The van der Waals surface area contributed by atoms with Crippen LogP contribution in [0, 0.1) is 0 Å². The molecule has 0 saturated carbocycles. The fourth-order valence-corrected chi connectivity index (χ4v) is 2.78. The normalized spacial score (nSPS) is 10.9. The molecule has 0 aromatic carbocycles. The standard InChI is InChI=1S/C20H42O.H3O4P.H2O/c1-3-5-7-9-11-13-15-17-19-21-20-18-16-14-12-10-8-6-4-2;1-5(2,3)4;/h3-20H2,1-2H3;(H3,1,2,3,4);1H2. The largest absolute Gasteiger partial charge is 0.466 e. The first-order valence-corrected chi connectivity index (χ1v) is 12.3. The summed E-state index contributed by atoms with van der Waals surface area (Å²) in [5, 5.41) is 0. The fraction of sp³-hybridized carbons (Fsp3) is 1.00. The van der Waals surface area contributed by atoms with Gasteiger partial charge in [-0.1, -0.05) is 104 Å². The number of ether oxygens (including phenoxy) is 1. The van der Waals surface area contributed by atoms with Crippen LogP contribution in [0.25, 0.3) is 0 Å². The van der Waals surface area contributed by atoms with Gasteiger partial charge in [0.2, 0.25) is 0 Å². The zero-order valence-corrected chi connectivity index (χ0v) is 18.7. The van der Waals surface area contributed by atoms with Gasteiger partial charge in [0.1, 0.15) is 0 Å². The zero-order chi connectivity index (χ0) is 19.9. The van der Waals surface area contributed by atoms with Gasteiger partial charge in [-0.2, -0.15) is 0 Å². The molecule has 0 saturated heterocycles. The van der Waals surface area contributed by atoms with Crippen molar-refractivity contribution in [3.05, 3.63) is 0 Å². The van der Waals surface area contributed by atoms with Crippen LogP contribution in [-0.2, 0) is 9.30 Å². The lowest BCUT2D eigenvalue weighted by molar-refractivity contribution is 0.125. The van der Waals surface area contributed by atoms with Gasteiger partial charge in [0.05, 0.1) is 0 Å². The summed E-state index contributed by atoms with van der Waals surface area (Å²) >= 11 is 0. The second-order valence-corrected chi connectivity index (χ2v) is 8.10. The Morgan fingerprint density at radius 3 is 1.04 bits per heavy atom. The van der Waals surface area contributed by atoms with Crippen molar-refractivity contribution in [2.24, 2.45) is 0 Å². The summed E-state index contributed by atoms with van der Waals surface area (Å²) in [4.78, 5) is 21.6. The molecular weight excluding hydrogens is 367 g/mol. The van der Waals surface area contributed by atoms with Gasteiger partial charge < -0.3 is 24.9 Å². The van der Waals surface area contributed by atoms with Crippen molar-refractivity contribution in [2.45, 2.75) is 117 Å². The number of hydrogen-bond acceptors (Lipinski definition) is 2. The molecule has 0 aromatic heterocycles. The summed E-state index contributed by atoms with van der Waals surface area (Å²) in [7, 11) is -4.64. The van der Waals surface area contributed by atoms with E-state index in [-0.39, 0.29) is 5.48 Å². The van der Waals surface area contributed by atoms with Crippen LogP contribution in [-0.4, -0.2) is 33.4 Å². The molecule has 0 radical (unpaired) electrons. The maximum absolute atomic E-state index is 8.88. The molecule has 168 valence electrons. The van der Waals surface area contributed by atoms with Gasteiger partial charge in [0.25, 0.3) is 0 Å². The lowest BCUT2D eigenvalue weighted by atomic mass is 10.1. The van der Waals surface area contributed by atoms with Crippen LogP contribution >= 0.6 is 7.82 Å². The Morgan fingerprint density at radius 1 is 0.556 bits per heavy atom. The molecule has 0 amide bonds. The van der Waals surface area contributed by atoms with Gasteiger partial charge in [0, 0.05) is 13.2 Å². The third kappa shape index (κ3) is 46.2. The average molecular weight is 415 g/mol. The molecule has 0 aliphatic heterocycles. The number of rotatable bonds is 18. The highest BCUT2D eigenvalue weighted by molar-refractivity contribution is 7.45. The fourth-order valence-electron chi connectivity index (χ4n) is 2.78. The zero-order valence-electron chi connectivity index (χ0n) is 17.8. The van der Waals surface area contributed by atoms with Crippen molar-refractivity contribution >= 4 is 7.82 Å². The van der Waals surface area contributed by atoms with Gasteiger partial charge in [0.15, 0.2) is 0 Å². The molecule has 0 unspecified atom stereocenters. The monoisotopic (exact) mass is 414 g/mol. The van der Waals surface area contributed by atoms with E-state index in [2.05, 4.69) is 13.8 Å². The summed E-state index contributed by atoms with van der Waals surface area (Å²) in [5.41, 5.74) is 0. The minimum absolute atomic E-state index is 0. The van der Waals surface area contributed by atoms with Gasteiger partial charge >= 0.3 is 7.82 Å². The SMILES string of the molecule is CCCCCCCCCCOCCCCCCCCCC.O.O=P(O)(O)O. The van der Waals surface area contributed by atoms with E-state index in [1.807, 2.05) is 0 Å². The van der Waals surface area contributed by atoms with Crippen LogP contribution < -0.4 is 0 Å². The molecule has 0 aliphatic carbocycles. The van der Waals surface area contributed by atoms with Gasteiger partial charge in [-0.15, -0.1) is 0 Å². The lowest BCUT2D eigenvalue weighted by Crippen LogP contribution is -1.97. The van der Waals surface area contributed by atoms with Crippen molar-refractivity contribution < 1.29 is 29.5 Å². The molecule has 0 spiro atoms. The summed E-state index contributed by atoms with van der Waals surface area (Å²) in [5.74, 6) is 0. The second kappa shape index (κ2) is 26.0.